The van der Waals surface area contributed by atoms with Crippen LogP contribution in [0.4, 0.5) is 11.7 Å². The van der Waals surface area contributed by atoms with Gasteiger partial charge in [0.15, 0.2) is 5.82 Å². The molecule has 7 nitrogen and oxygen atoms in total. The molecule has 0 aliphatic rings. The van der Waals surface area contributed by atoms with Crippen molar-refractivity contribution < 1.29 is 9.32 Å². The molecule has 2 aromatic rings. The van der Waals surface area contributed by atoms with Gasteiger partial charge in [0.2, 0.25) is 5.88 Å². The van der Waals surface area contributed by atoms with Gasteiger partial charge in [0.05, 0.1) is 11.3 Å². The summed E-state index contributed by atoms with van der Waals surface area (Å²) < 4.78 is 5.01. The molecule has 18 heavy (non-hydrogen) atoms. The van der Waals surface area contributed by atoms with Crippen LogP contribution in [0, 0.1) is 13.8 Å². The van der Waals surface area contributed by atoms with Gasteiger partial charge in [-0.3, -0.25) is 10.1 Å². The molecule has 0 bridgehead atoms. The summed E-state index contributed by atoms with van der Waals surface area (Å²) in [4.78, 5) is 16.0. The Morgan fingerprint density at radius 2 is 2.22 bits per heavy atom. The zero-order valence-electron chi connectivity index (χ0n) is 10.0. The minimum atomic E-state index is -0.365. The molecular weight excluding hydrogens is 234 g/mol. The Hall–Kier alpha value is -2.41. The number of nitrogens with one attached hydrogen (secondary N) is 2. The van der Waals surface area contributed by atoms with Gasteiger partial charge in [0, 0.05) is 11.8 Å². The summed E-state index contributed by atoms with van der Waals surface area (Å²) in [5, 5.41) is 6.38. The molecule has 0 saturated carbocycles. The van der Waals surface area contributed by atoms with Gasteiger partial charge < -0.3 is 9.95 Å². The van der Waals surface area contributed by atoms with E-state index in [-0.39, 0.29) is 5.91 Å². The predicted molar refractivity (Wildman–Crippen MR) is 66.0 cm³/mol. The lowest BCUT2D eigenvalue weighted by Crippen LogP contribution is -2.18. The zero-order valence-corrected chi connectivity index (χ0v) is 10.0. The van der Waals surface area contributed by atoms with Crippen molar-refractivity contribution in [2.24, 2.45) is 5.84 Å². The average Bonchev–Trinajstić information content (AvgIpc) is 2.70. The van der Waals surface area contributed by atoms with Crippen LogP contribution in [0.25, 0.3) is 0 Å². The highest BCUT2D eigenvalue weighted by molar-refractivity contribution is 6.07. The lowest BCUT2D eigenvalue weighted by Gasteiger charge is -2.06. The number of hydrogen-bond donors (Lipinski definition) is 3. The number of nitrogens with zero attached hydrogens (tertiary/aromatic N) is 2. The normalized spacial score (nSPS) is 10.2. The van der Waals surface area contributed by atoms with Crippen LogP contribution in [0.5, 0.6) is 0 Å². The van der Waals surface area contributed by atoms with Gasteiger partial charge in [-0.2, -0.15) is 0 Å². The number of amides is 1. The summed E-state index contributed by atoms with van der Waals surface area (Å²) >= 11 is 0. The first kappa shape index (κ1) is 12.1. The summed E-state index contributed by atoms with van der Waals surface area (Å²) in [5.41, 5.74) is 4.21. The smallest absolute Gasteiger partial charge is 0.261 e. The first-order valence-electron chi connectivity index (χ1n) is 5.29. The minimum Gasteiger partial charge on any atom is -0.338 e. The van der Waals surface area contributed by atoms with Crippen molar-refractivity contribution in [3.8, 4) is 0 Å². The van der Waals surface area contributed by atoms with Crippen molar-refractivity contribution in [1.29, 1.82) is 0 Å². The van der Waals surface area contributed by atoms with Gasteiger partial charge in [0.25, 0.3) is 5.91 Å². The van der Waals surface area contributed by atoms with Crippen molar-refractivity contribution in [1.82, 2.24) is 10.1 Å². The molecule has 1 amide bonds. The third-order valence-electron chi connectivity index (χ3n) is 2.57. The lowest BCUT2D eigenvalue weighted by atomic mass is 10.2. The Morgan fingerprint density at radius 1 is 1.44 bits per heavy atom. The first-order valence-corrected chi connectivity index (χ1v) is 5.29. The lowest BCUT2D eigenvalue weighted by molar-refractivity contribution is 0.102. The average molecular weight is 247 g/mol. The van der Waals surface area contributed by atoms with Crippen LogP contribution < -0.4 is 16.6 Å². The third-order valence-corrected chi connectivity index (χ3v) is 2.57. The molecule has 0 radical (unpaired) electrons. The fraction of sp³-hybridized carbons (Fsp3) is 0.182. The molecule has 0 fully saturated rings. The highest BCUT2D eigenvalue weighted by Gasteiger charge is 2.16. The fourth-order valence-electron chi connectivity index (χ4n) is 1.41. The van der Waals surface area contributed by atoms with E-state index >= 15 is 0 Å². The van der Waals surface area contributed by atoms with E-state index in [0.29, 0.717) is 17.3 Å². The minimum absolute atomic E-state index is 0.295. The number of hydrazine groups is 1. The Morgan fingerprint density at radius 3 is 2.83 bits per heavy atom. The van der Waals surface area contributed by atoms with Crippen LogP contribution in [0.1, 0.15) is 21.6 Å². The number of nitrogen functional groups attached to an aromatic ring is 1. The van der Waals surface area contributed by atoms with Gasteiger partial charge in [-0.1, -0.05) is 5.16 Å². The van der Waals surface area contributed by atoms with Crippen molar-refractivity contribution in [2.45, 2.75) is 13.8 Å². The fourth-order valence-corrected chi connectivity index (χ4v) is 1.41. The van der Waals surface area contributed by atoms with E-state index in [2.05, 4.69) is 20.9 Å². The second-order valence-electron chi connectivity index (χ2n) is 3.72. The molecule has 0 aliphatic heterocycles. The van der Waals surface area contributed by atoms with E-state index in [0.717, 1.165) is 11.3 Å². The monoisotopic (exact) mass is 247 g/mol. The second-order valence-corrected chi connectivity index (χ2v) is 3.72. The maximum atomic E-state index is 12.0. The number of aryl methyl sites for hydroxylation is 1. The van der Waals surface area contributed by atoms with E-state index in [4.69, 9.17) is 10.4 Å². The maximum Gasteiger partial charge on any atom is 0.261 e. The molecule has 0 unspecified atom stereocenters. The molecular formula is C11H13N5O2. The highest BCUT2D eigenvalue weighted by atomic mass is 16.5. The van der Waals surface area contributed by atoms with Crippen molar-refractivity contribution in [3.05, 3.63) is 35.2 Å². The largest absolute Gasteiger partial charge is 0.338 e. The summed E-state index contributed by atoms with van der Waals surface area (Å²) in [6.07, 6.45) is 1.54. The molecule has 94 valence electrons. The van der Waals surface area contributed by atoms with Crippen LogP contribution in [-0.4, -0.2) is 16.0 Å². The predicted octanol–water partition coefficient (Wildman–Crippen LogP) is 1.22. The molecule has 7 heteroatoms. The molecule has 2 aromatic heterocycles. The van der Waals surface area contributed by atoms with Gasteiger partial charge in [0.1, 0.15) is 0 Å². The van der Waals surface area contributed by atoms with Crippen LogP contribution in [0.15, 0.2) is 22.9 Å². The van der Waals surface area contributed by atoms with E-state index in [1.165, 1.54) is 6.20 Å². The van der Waals surface area contributed by atoms with Gasteiger partial charge in [-0.05, 0) is 26.0 Å². The van der Waals surface area contributed by atoms with Crippen LogP contribution in [0.3, 0.4) is 0 Å². The first-order chi connectivity index (χ1) is 8.63. The Bertz CT molecular complexity index is 579. The number of pyridine rings is 1. The number of carbonyl (C=O) groups is 1. The van der Waals surface area contributed by atoms with Crippen LogP contribution in [-0.2, 0) is 0 Å². The van der Waals surface area contributed by atoms with Crippen LogP contribution >= 0.6 is 0 Å². The molecule has 2 heterocycles. The Labute approximate surface area is 103 Å². The number of hydrogen-bond acceptors (Lipinski definition) is 6. The third kappa shape index (κ3) is 2.16. The van der Waals surface area contributed by atoms with Crippen molar-refractivity contribution in [3.63, 3.8) is 0 Å². The number of carbonyl (C=O) groups excluding carboxylic acids is 1. The summed E-state index contributed by atoms with van der Waals surface area (Å²) in [6, 6.07) is 3.25. The number of rotatable bonds is 3. The van der Waals surface area contributed by atoms with Gasteiger partial charge in [-0.15, -0.1) is 0 Å². The summed E-state index contributed by atoms with van der Waals surface area (Å²) in [7, 11) is 0. The Balaban J connectivity index is 2.25. The SMILES string of the molecule is Cc1noc(NC(=O)c2cccnc2NN)c1C. The number of anilines is 2. The van der Waals surface area contributed by atoms with E-state index < -0.39 is 0 Å². The summed E-state index contributed by atoms with van der Waals surface area (Å²) in [6.45, 7) is 3.61. The number of aromatic nitrogens is 2. The highest BCUT2D eigenvalue weighted by Crippen LogP contribution is 2.19. The Kier molecular flexibility index (Phi) is 3.24. The van der Waals surface area contributed by atoms with E-state index in [1.807, 2.05) is 6.92 Å². The van der Waals surface area contributed by atoms with Crippen molar-refractivity contribution in [2.75, 3.05) is 10.7 Å². The molecule has 0 aromatic carbocycles. The second kappa shape index (κ2) is 4.84. The summed E-state index contributed by atoms with van der Waals surface area (Å²) in [5.74, 6) is 5.54. The van der Waals surface area contributed by atoms with Crippen molar-refractivity contribution >= 4 is 17.6 Å². The van der Waals surface area contributed by atoms with Crippen LogP contribution in [0.2, 0.25) is 0 Å². The molecule has 0 saturated heterocycles. The topological polar surface area (TPSA) is 106 Å². The van der Waals surface area contributed by atoms with E-state index in [1.54, 1.807) is 19.1 Å². The molecule has 4 N–H and O–H groups in total. The van der Waals surface area contributed by atoms with Gasteiger partial charge in [-0.25, -0.2) is 10.8 Å². The molecule has 2 rings (SSSR count). The zero-order chi connectivity index (χ0) is 13.1. The molecule has 0 aliphatic carbocycles. The van der Waals surface area contributed by atoms with E-state index in [9.17, 15) is 4.79 Å². The quantitative estimate of drug-likeness (QED) is 0.556. The molecule has 0 atom stereocenters. The molecule has 0 spiro atoms. The maximum absolute atomic E-state index is 12.0. The van der Waals surface area contributed by atoms with Gasteiger partial charge >= 0.3 is 0 Å². The standard InChI is InChI=1S/C11H13N5O2/c1-6-7(2)16-18-11(6)14-10(17)8-4-3-5-13-9(8)15-12/h3-5H,12H2,1-2H3,(H,13,15)(H,14,17). The number of nitrogens with two attached hydrogens (primary N) is 1.